The number of hydrogen-bond donors (Lipinski definition) is 2. The molecule has 1 saturated carbocycles. The smallest absolute Gasteiger partial charge is 0.253 e. The van der Waals surface area contributed by atoms with Gasteiger partial charge in [-0.05, 0) is 79.6 Å². The Bertz CT molecular complexity index is 1470. The number of ether oxygens (including phenoxy) is 2. The number of nitrogens with zero attached hydrogens (tertiary/aromatic N) is 2. The Balaban J connectivity index is 1.49. The zero-order valence-corrected chi connectivity index (χ0v) is 26.8. The molecule has 0 unspecified atom stereocenters. The van der Waals surface area contributed by atoms with Gasteiger partial charge in [0.15, 0.2) is 0 Å². The Hall–Kier alpha value is -3.46. The van der Waals surface area contributed by atoms with Crippen molar-refractivity contribution in [3.8, 4) is 11.1 Å². The van der Waals surface area contributed by atoms with E-state index in [9.17, 15) is 9.59 Å². The number of hydrogen-bond acceptors (Lipinski definition) is 6. The summed E-state index contributed by atoms with van der Waals surface area (Å²) in [6.07, 6.45) is 5.99. The van der Waals surface area contributed by atoms with Crippen LogP contribution in [0.25, 0.3) is 11.1 Å². The Morgan fingerprint density at radius 1 is 1.02 bits per heavy atom. The maximum absolute atomic E-state index is 13.9. The van der Waals surface area contributed by atoms with Crippen LogP contribution in [-0.4, -0.2) is 68.4 Å². The number of aryl methyl sites for hydroxylation is 2. The van der Waals surface area contributed by atoms with Crippen molar-refractivity contribution in [1.82, 2.24) is 15.2 Å². The van der Waals surface area contributed by atoms with E-state index in [0.29, 0.717) is 23.8 Å². The van der Waals surface area contributed by atoms with Gasteiger partial charge in [0.05, 0.1) is 19.8 Å². The van der Waals surface area contributed by atoms with E-state index in [-0.39, 0.29) is 18.0 Å². The Morgan fingerprint density at radius 2 is 1.75 bits per heavy atom. The third-order valence-electron chi connectivity index (χ3n) is 9.20. The first-order valence-electron chi connectivity index (χ1n) is 16.1. The van der Waals surface area contributed by atoms with Gasteiger partial charge in [0.2, 0.25) is 0 Å². The summed E-state index contributed by atoms with van der Waals surface area (Å²) < 4.78 is 11.1. The van der Waals surface area contributed by atoms with Gasteiger partial charge in [-0.15, -0.1) is 0 Å². The summed E-state index contributed by atoms with van der Waals surface area (Å²) in [6.45, 7) is 11.8. The predicted octanol–water partition coefficient (Wildman–Crippen LogP) is 5.51. The molecule has 1 amide bonds. The summed E-state index contributed by atoms with van der Waals surface area (Å²) in [6, 6.07) is 15.3. The van der Waals surface area contributed by atoms with E-state index < -0.39 is 0 Å². The number of aromatic nitrogens is 1. The normalized spacial score (nSPS) is 16.2. The van der Waals surface area contributed by atoms with Gasteiger partial charge in [-0.1, -0.05) is 43.5 Å². The first kappa shape index (κ1) is 31.9. The van der Waals surface area contributed by atoms with Crippen molar-refractivity contribution in [2.75, 3.05) is 51.5 Å². The molecular formula is C36H48N4O4. The third-order valence-corrected chi connectivity index (χ3v) is 9.20. The van der Waals surface area contributed by atoms with Crippen molar-refractivity contribution in [3.63, 3.8) is 0 Å². The summed E-state index contributed by atoms with van der Waals surface area (Å²) in [5, 5.41) is 3.06. The number of nitrogens with one attached hydrogen (secondary N) is 2. The number of carbonyl (C=O) groups is 1. The van der Waals surface area contributed by atoms with Gasteiger partial charge in [-0.2, -0.15) is 0 Å². The summed E-state index contributed by atoms with van der Waals surface area (Å²) in [5.74, 6) is -0.177. The van der Waals surface area contributed by atoms with Gasteiger partial charge in [0.1, 0.15) is 0 Å². The number of methoxy groups -OCH3 is 1. The molecule has 0 bridgehead atoms. The fourth-order valence-corrected chi connectivity index (χ4v) is 6.67. The van der Waals surface area contributed by atoms with Crippen LogP contribution in [0.1, 0.15) is 70.4 Å². The number of morpholine rings is 1. The number of anilines is 1. The molecule has 8 heteroatoms. The van der Waals surface area contributed by atoms with Crippen LogP contribution in [0.3, 0.4) is 0 Å². The summed E-state index contributed by atoms with van der Waals surface area (Å²) in [7, 11) is 1.74. The highest BCUT2D eigenvalue weighted by atomic mass is 16.5. The lowest BCUT2D eigenvalue weighted by molar-refractivity contribution is 0.0342. The largest absolute Gasteiger partial charge is 0.383 e. The van der Waals surface area contributed by atoms with Crippen molar-refractivity contribution in [3.05, 3.63) is 86.3 Å². The van der Waals surface area contributed by atoms with E-state index in [0.717, 1.165) is 85.9 Å². The number of benzene rings is 2. The van der Waals surface area contributed by atoms with E-state index in [4.69, 9.17) is 9.47 Å². The molecule has 2 aromatic carbocycles. The minimum atomic E-state index is -0.177. The molecule has 0 radical (unpaired) electrons. The highest BCUT2D eigenvalue weighted by Gasteiger charge is 2.25. The second kappa shape index (κ2) is 15.0. The molecule has 8 nitrogen and oxygen atoms in total. The number of rotatable bonds is 11. The molecule has 1 aromatic heterocycles. The van der Waals surface area contributed by atoms with Crippen LogP contribution < -0.4 is 15.8 Å². The lowest BCUT2D eigenvalue weighted by atomic mass is 9.91. The molecule has 1 aliphatic carbocycles. The molecule has 2 fully saturated rings. The van der Waals surface area contributed by atoms with Gasteiger partial charge < -0.3 is 24.7 Å². The summed E-state index contributed by atoms with van der Waals surface area (Å²) in [5.41, 5.74) is 8.13. The zero-order chi connectivity index (χ0) is 31.1. The van der Waals surface area contributed by atoms with Crippen LogP contribution in [0.15, 0.2) is 47.3 Å². The van der Waals surface area contributed by atoms with Crippen molar-refractivity contribution in [2.24, 2.45) is 0 Å². The van der Waals surface area contributed by atoms with Crippen LogP contribution in [0.2, 0.25) is 0 Å². The molecule has 2 heterocycles. The number of aromatic amines is 1. The lowest BCUT2D eigenvalue weighted by Gasteiger charge is -2.37. The topological polar surface area (TPSA) is 86.9 Å². The summed E-state index contributed by atoms with van der Waals surface area (Å²) in [4.78, 5) is 34.3. The average molecular weight is 601 g/mol. The highest BCUT2D eigenvalue weighted by molar-refractivity contribution is 5.99. The number of pyridine rings is 1. The van der Waals surface area contributed by atoms with Crippen LogP contribution in [-0.2, 0) is 22.6 Å². The first-order valence-corrected chi connectivity index (χ1v) is 16.1. The minimum absolute atomic E-state index is 0.158. The molecular weight excluding hydrogens is 552 g/mol. The lowest BCUT2D eigenvalue weighted by Crippen LogP contribution is -2.40. The SMILES string of the molecule is COCCN(c1cc(-c2ccc(CN3CCOCC3)cc2)cc(C(=O)NCc2c(C)cc(C)[nH]c2=O)c1C)C1CCCCC1. The minimum Gasteiger partial charge on any atom is -0.383 e. The number of carbonyl (C=O) groups excluding carboxylic acids is 1. The van der Waals surface area contributed by atoms with Gasteiger partial charge in [0.25, 0.3) is 11.5 Å². The highest BCUT2D eigenvalue weighted by Crippen LogP contribution is 2.35. The molecule has 2 N–H and O–H groups in total. The maximum atomic E-state index is 13.9. The Labute approximate surface area is 261 Å². The standard InChI is InChI=1S/C36H48N4O4/c1-25-20-26(2)38-36(42)33(25)23-37-35(41)32-21-30(29-12-10-28(11-13-29)24-39-14-18-44-19-15-39)22-34(27(32)3)40(16-17-43-4)31-8-6-5-7-9-31/h10-13,20-22,31H,5-9,14-19,23-24H2,1-4H3,(H,37,41)(H,38,42). The number of H-pyrrole nitrogens is 1. The van der Waals surface area contributed by atoms with Crippen molar-refractivity contribution in [2.45, 2.75) is 72.0 Å². The Kier molecular flexibility index (Phi) is 10.9. The predicted molar refractivity (Wildman–Crippen MR) is 177 cm³/mol. The molecule has 44 heavy (non-hydrogen) atoms. The molecule has 0 spiro atoms. The second-order valence-electron chi connectivity index (χ2n) is 12.4. The fraction of sp³-hybridized carbons (Fsp3) is 0.500. The second-order valence-corrected chi connectivity index (χ2v) is 12.4. The van der Waals surface area contributed by atoms with Crippen LogP contribution in [0.4, 0.5) is 5.69 Å². The van der Waals surface area contributed by atoms with Crippen LogP contribution in [0.5, 0.6) is 0 Å². The van der Waals surface area contributed by atoms with Gasteiger partial charge in [-0.3, -0.25) is 14.5 Å². The zero-order valence-electron chi connectivity index (χ0n) is 26.8. The molecule has 2 aliphatic rings. The van der Waals surface area contributed by atoms with E-state index in [1.165, 1.54) is 24.8 Å². The summed E-state index contributed by atoms with van der Waals surface area (Å²) >= 11 is 0. The fourth-order valence-electron chi connectivity index (χ4n) is 6.67. The Morgan fingerprint density at radius 3 is 2.43 bits per heavy atom. The van der Waals surface area contributed by atoms with E-state index >= 15 is 0 Å². The first-order chi connectivity index (χ1) is 21.3. The van der Waals surface area contributed by atoms with Crippen molar-refractivity contribution >= 4 is 11.6 Å². The molecule has 236 valence electrons. The molecule has 5 rings (SSSR count). The van der Waals surface area contributed by atoms with E-state index in [2.05, 4.69) is 50.4 Å². The van der Waals surface area contributed by atoms with Crippen LogP contribution >= 0.6 is 0 Å². The molecule has 0 atom stereocenters. The van der Waals surface area contributed by atoms with Gasteiger partial charge in [-0.25, -0.2) is 0 Å². The molecule has 1 saturated heterocycles. The van der Waals surface area contributed by atoms with Gasteiger partial charge in [0, 0.05) is 68.4 Å². The van der Waals surface area contributed by atoms with E-state index in [1.54, 1.807) is 7.11 Å². The van der Waals surface area contributed by atoms with E-state index in [1.807, 2.05) is 32.9 Å². The third kappa shape index (κ3) is 7.78. The van der Waals surface area contributed by atoms with Gasteiger partial charge >= 0.3 is 0 Å². The quantitative estimate of drug-likeness (QED) is 0.302. The molecule has 3 aromatic rings. The monoisotopic (exact) mass is 600 g/mol. The van der Waals surface area contributed by atoms with Crippen LogP contribution in [0, 0.1) is 20.8 Å². The van der Waals surface area contributed by atoms with Crippen molar-refractivity contribution < 1.29 is 14.3 Å². The maximum Gasteiger partial charge on any atom is 0.253 e. The average Bonchev–Trinajstić information content (AvgIpc) is 3.02. The van der Waals surface area contributed by atoms with Crippen molar-refractivity contribution in [1.29, 1.82) is 0 Å². The molecule has 1 aliphatic heterocycles. The number of amides is 1.